The molecular formula is C25H17ClN4O. The zero-order valence-electron chi connectivity index (χ0n) is 16.4. The van der Waals surface area contributed by atoms with E-state index in [1.165, 1.54) is 0 Å². The lowest BCUT2D eigenvalue weighted by atomic mass is 9.83. The van der Waals surface area contributed by atoms with Crippen molar-refractivity contribution in [3.05, 3.63) is 113 Å². The highest BCUT2D eigenvalue weighted by molar-refractivity contribution is 6.30. The fourth-order valence-corrected chi connectivity index (χ4v) is 4.11. The Labute approximate surface area is 184 Å². The summed E-state index contributed by atoms with van der Waals surface area (Å²) < 4.78 is 7.74. The third-order valence-corrected chi connectivity index (χ3v) is 5.51. The quantitative estimate of drug-likeness (QED) is 0.477. The number of fused-ring (bicyclic) bond motifs is 1. The lowest BCUT2D eigenvalue weighted by Gasteiger charge is -2.25. The van der Waals surface area contributed by atoms with Crippen LogP contribution in [0.25, 0.3) is 16.9 Å². The Morgan fingerprint density at radius 1 is 0.968 bits per heavy atom. The van der Waals surface area contributed by atoms with E-state index in [0.29, 0.717) is 16.5 Å². The highest BCUT2D eigenvalue weighted by Crippen LogP contribution is 2.47. The van der Waals surface area contributed by atoms with Gasteiger partial charge >= 0.3 is 0 Å². The molecule has 2 heterocycles. The van der Waals surface area contributed by atoms with Gasteiger partial charge in [0.2, 0.25) is 11.8 Å². The predicted octanol–water partition coefficient (Wildman–Crippen LogP) is 5.41. The fraction of sp³-hybridized carbons (Fsp3) is 0.0400. The number of para-hydroxylation sites is 1. The summed E-state index contributed by atoms with van der Waals surface area (Å²) in [5.41, 5.74) is 10.7. The monoisotopic (exact) mass is 424 g/mol. The van der Waals surface area contributed by atoms with Crippen molar-refractivity contribution in [3.8, 4) is 28.9 Å². The number of nitriles is 1. The number of aromatic nitrogens is 2. The van der Waals surface area contributed by atoms with Crippen molar-refractivity contribution in [2.45, 2.75) is 5.92 Å². The lowest BCUT2D eigenvalue weighted by Crippen LogP contribution is -2.22. The molecule has 31 heavy (non-hydrogen) atoms. The largest absolute Gasteiger partial charge is 0.422 e. The van der Waals surface area contributed by atoms with Crippen LogP contribution in [0.3, 0.4) is 0 Å². The lowest BCUT2D eigenvalue weighted by molar-refractivity contribution is 0.367. The zero-order valence-corrected chi connectivity index (χ0v) is 17.1. The maximum atomic E-state index is 9.95. The van der Waals surface area contributed by atoms with E-state index in [2.05, 4.69) is 6.07 Å². The summed E-state index contributed by atoms with van der Waals surface area (Å²) in [6, 6.07) is 29.2. The number of nitrogens with zero attached hydrogens (tertiary/aromatic N) is 3. The van der Waals surface area contributed by atoms with Crippen LogP contribution in [0.5, 0.6) is 5.88 Å². The van der Waals surface area contributed by atoms with Gasteiger partial charge in [-0.15, -0.1) is 0 Å². The van der Waals surface area contributed by atoms with Crippen LogP contribution in [0.2, 0.25) is 5.02 Å². The number of hydrogen-bond donors (Lipinski definition) is 1. The summed E-state index contributed by atoms with van der Waals surface area (Å²) in [7, 11) is 0. The number of nitrogens with two attached hydrogens (primary N) is 1. The maximum absolute atomic E-state index is 9.95. The average molecular weight is 425 g/mol. The van der Waals surface area contributed by atoms with Crippen molar-refractivity contribution in [2.75, 3.05) is 0 Å². The van der Waals surface area contributed by atoms with Crippen molar-refractivity contribution in [2.24, 2.45) is 5.73 Å². The Hall–Kier alpha value is -4.01. The first-order valence-electron chi connectivity index (χ1n) is 9.74. The molecule has 0 spiro atoms. The van der Waals surface area contributed by atoms with Gasteiger partial charge in [-0.3, -0.25) is 0 Å². The third kappa shape index (κ3) is 3.24. The molecule has 0 bridgehead atoms. The Balaban J connectivity index is 1.84. The molecule has 0 amide bonds. The Morgan fingerprint density at radius 3 is 2.35 bits per heavy atom. The summed E-state index contributed by atoms with van der Waals surface area (Å²) in [5, 5.41) is 15.4. The highest BCUT2D eigenvalue weighted by Gasteiger charge is 2.37. The van der Waals surface area contributed by atoms with Crippen LogP contribution in [0.4, 0.5) is 0 Å². The van der Waals surface area contributed by atoms with E-state index in [1.807, 2.05) is 78.9 Å². The predicted molar refractivity (Wildman–Crippen MR) is 120 cm³/mol. The van der Waals surface area contributed by atoms with Crippen molar-refractivity contribution in [3.63, 3.8) is 0 Å². The number of allylic oxidation sites excluding steroid dienone is 1. The Bertz CT molecular complexity index is 1340. The van der Waals surface area contributed by atoms with Gasteiger partial charge < -0.3 is 10.5 Å². The van der Waals surface area contributed by atoms with Gasteiger partial charge in [0.1, 0.15) is 17.3 Å². The smallest absolute Gasteiger partial charge is 0.229 e. The average Bonchev–Trinajstić information content (AvgIpc) is 3.18. The molecule has 5 rings (SSSR count). The highest BCUT2D eigenvalue weighted by atomic mass is 35.5. The van der Waals surface area contributed by atoms with Crippen molar-refractivity contribution in [1.82, 2.24) is 9.78 Å². The van der Waals surface area contributed by atoms with Crippen LogP contribution in [-0.4, -0.2) is 9.78 Å². The molecule has 0 radical (unpaired) electrons. The molecule has 1 aliphatic heterocycles. The maximum Gasteiger partial charge on any atom is 0.229 e. The molecule has 5 nitrogen and oxygen atoms in total. The van der Waals surface area contributed by atoms with Gasteiger partial charge in [0.25, 0.3) is 0 Å². The molecule has 2 N–H and O–H groups in total. The second-order valence-corrected chi connectivity index (χ2v) is 7.60. The zero-order chi connectivity index (χ0) is 21.4. The van der Waals surface area contributed by atoms with Crippen molar-refractivity contribution in [1.29, 1.82) is 5.26 Å². The van der Waals surface area contributed by atoms with Gasteiger partial charge in [-0.2, -0.15) is 15.0 Å². The summed E-state index contributed by atoms with van der Waals surface area (Å²) in [5.74, 6) is 0.100. The second kappa shape index (κ2) is 7.67. The summed E-state index contributed by atoms with van der Waals surface area (Å²) in [4.78, 5) is 0. The van der Waals surface area contributed by atoms with E-state index in [9.17, 15) is 5.26 Å². The van der Waals surface area contributed by atoms with Crippen LogP contribution in [0, 0.1) is 11.3 Å². The van der Waals surface area contributed by atoms with Gasteiger partial charge in [-0.25, -0.2) is 0 Å². The first-order chi connectivity index (χ1) is 15.2. The molecular weight excluding hydrogens is 408 g/mol. The SMILES string of the molecule is N#CC1=C(N)Oc2c(c(-c3ccccc3)nn2-c2ccccc2)C1c1cccc(Cl)c1. The van der Waals surface area contributed by atoms with Crippen LogP contribution in [0.1, 0.15) is 17.0 Å². The molecule has 1 atom stereocenters. The molecule has 1 aliphatic rings. The van der Waals surface area contributed by atoms with Crippen LogP contribution >= 0.6 is 11.6 Å². The standard InChI is InChI=1S/C25H17ClN4O/c26-18-11-7-10-17(14-18)21-20(15-27)24(28)31-25-22(21)23(16-8-3-1-4-9-16)29-30(25)19-12-5-2-6-13-19/h1-14,21H,28H2. The van der Waals surface area contributed by atoms with Crippen LogP contribution in [-0.2, 0) is 0 Å². The molecule has 3 aromatic carbocycles. The fourth-order valence-electron chi connectivity index (χ4n) is 3.91. The normalized spacial score (nSPS) is 15.2. The second-order valence-electron chi connectivity index (χ2n) is 7.16. The van der Waals surface area contributed by atoms with Gasteiger partial charge in [-0.05, 0) is 29.8 Å². The first kappa shape index (κ1) is 19.0. The minimum atomic E-state index is -0.458. The van der Waals surface area contributed by atoms with E-state index in [4.69, 9.17) is 27.2 Å². The van der Waals surface area contributed by atoms with E-state index in [-0.39, 0.29) is 5.88 Å². The Morgan fingerprint density at radius 2 is 1.68 bits per heavy atom. The number of benzene rings is 3. The first-order valence-corrected chi connectivity index (χ1v) is 10.1. The number of halogens is 1. The van der Waals surface area contributed by atoms with Crippen molar-refractivity contribution >= 4 is 11.6 Å². The minimum Gasteiger partial charge on any atom is -0.422 e. The third-order valence-electron chi connectivity index (χ3n) is 5.28. The number of hydrogen-bond acceptors (Lipinski definition) is 4. The molecule has 0 aliphatic carbocycles. The summed E-state index contributed by atoms with van der Waals surface area (Å²) in [6.07, 6.45) is 0. The molecule has 150 valence electrons. The van der Waals surface area contributed by atoms with E-state index in [0.717, 1.165) is 28.1 Å². The number of rotatable bonds is 3. The van der Waals surface area contributed by atoms with Crippen LogP contribution in [0.15, 0.2) is 96.4 Å². The number of ether oxygens (including phenoxy) is 1. The molecule has 0 saturated carbocycles. The van der Waals surface area contributed by atoms with Gasteiger partial charge in [0.15, 0.2) is 0 Å². The molecule has 1 unspecified atom stereocenters. The molecule has 1 aromatic heterocycles. The van der Waals surface area contributed by atoms with Crippen LogP contribution < -0.4 is 10.5 Å². The topological polar surface area (TPSA) is 76.9 Å². The molecule has 0 fully saturated rings. The van der Waals surface area contributed by atoms with Gasteiger partial charge in [0, 0.05) is 10.6 Å². The molecule has 4 aromatic rings. The van der Waals surface area contributed by atoms with E-state index in [1.54, 1.807) is 10.7 Å². The minimum absolute atomic E-state index is 0.0664. The Kier molecular flexibility index (Phi) is 4.70. The van der Waals surface area contributed by atoms with E-state index >= 15 is 0 Å². The molecule has 0 saturated heterocycles. The van der Waals surface area contributed by atoms with Gasteiger partial charge in [0.05, 0.1) is 17.2 Å². The molecule has 6 heteroatoms. The van der Waals surface area contributed by atoms with E-state index < -0.39 is 5.92 Å². The van der Waals surface area contributed by atoms with Crippen molar-refractivity contribution < 1.29 is 4.74 Å². The summed E-state index contributed by atoms with van der Waals surface area (Å²) in [6.45, 7) is 0. The summed E-state index contributed by atoms with van der Waals surface area (Å²) >= 11 is 6.29. The van der Waals surface area contributed by atoms with Gasteiger partial charge in [-0.1, -0.05) is 72.3 Å².